The molecule has 2 aromatic heterocycles. The van der Waals surface area contributed by atoms with Crippen molar-refractivity contribution < 1.29 is 4.74 Å². The lowest BCUT2D eigenvalue weighted by atomic mass is 10.4. The number of nitrogens with two attached hydrogens (primary N) is 1. The maximum Gasteiger partial charge on any atom is 0.167 e. The zero-order valence-electron chi connectivity index (χ0n) is 10.6. The minimum absolute atomic E-state index is 0.145. The van der Waals surface area contributed by atoms with Crippen molar-refractivity contribution in [2.75, 3.05) is 17.2 Å². The Hall–Kier alpha value is -1.60. The molecule has 0 aliphatic carbocycles. The highest BCUT2D eigenvalue weighted by Crippen LogP contribution is 2.26. The largest absolute Gasteiger partial charge is 0.382 e. The maximum absolute atomic E-state index is 5.95. The monoisotopic (exact) mass is 277 g/mol. The summed E-state index contributed by atoms with van der Waals surface area (Å²) in [6, 6.07) is 0. The second-order valence-electron chi connectivity index (χ2n) is 4.19. The molecular formula is C12H15N5OS. The van der Waals surface area contributed by atoms with Crippen LogP contribution in [0.4, 0.5) is 5.82 Å². The fraction of sp³-hybridized carbons (Fsp3) is 0.417. The Kier molecular flexibility index (Phi) is 3.39. The van der Waals surface area contributed by atoms with E-state index in [2.05, 4.69) is 28.0 Å². The molecule has 19 heavy (non-hydrogen) atoms. The van der Waals surface area contributed by atoms with Gasteiger partial charge in [-0.05, 0) is 11.8 Å². The topological polar surface area (TPSA) is 78.9 Å². The van der Waals surface area contributed by atoms with Gasteiger partial charge in [0, 0.05) is 5.75 Å². The SMILES string of the molecule is CCSC[C@@H]1C=C[C@@H](n2cnc3c(N)ncnc32)O1. The first kappa shape index (κ1) is 12.4. The second kappa shape index (κ2) is 5.18. The van der Waals surface area contributed by atoms with Crippen LogP contribution in [0, 0.1) is 0 Å². The van der Waals surface area contributed by atoms with Crippen molar-refractivity contribution in [2.24, 2.45) is 0 Å². The van der Waals surface area contributed by atoms with Gasteiger partial charge in [0.2, 0.25) is 0 Å². The predicted octanol–water partition coefficient (Wildman–Crippen LogP) is 1.62. The van der Waals surface area contributed by atoms with Gasteiger partial charge < -0.3 is 10.5 Å². The molecule has 0 saturated carbocycles. The Morgan fingerprint density at radius 1 is 1.37 bits per heavy atom. The lowest BCUT2D eigenvalue weighted by molar-refractivity contribution is 0.0319. The van der Waals surface area contributed by atoms with E-state index in [4.69, 9.17) is 10.5 Å². The summed E-state index contributed by atoms with van der Waals surface area (Å²) in [4.78, 5) is 12.4. The summed E-state index contributed by atoms with van der Waals surface area (Å²) in [6.45, 7) is 2.14. The van der Waals surface area contributed by atoms with Gasteiger partial charge in [0.1, 0.15) is 11.8 Å². The molecule has 0 amide bonds. The summed E-state index contributed by atoms with van der Waals surface area (Å²) in [7, 11) is 0. The van der Waals surface area contributed by atoms with Crippen LogP contribution < -0.4 is 5.73 Å². The molecule has 0 unspecified atom stereocenters. The van der Waals surface area contributed by atoms with E-state index in [0.717, 1.165) is 11.5 Å². The third-order valence-corrected chi connectivity index (χ3v) is 3.92. The Morgan fingerprint density at radius 3 is 3.11 bits per heavy atom. The van der Waals surface area contributed by atoms with Crippen molar-refractivity contribution in [2.45, 2.75) is 19.3 Å². The highest BCUT2D eigenvalue weighted by atomic mass is 32.2. The fourth-order valence-corrected chi connectivity index (χ4v) is 2.69. The number of thioether (sulfide) groups is 1. The number of ether oxygens (including phenoxy) is 1. The van der Waals surface area contributed by atoms with Gasteiger partial charge in [0.15, 0.2) is 17.7 Å². The molecule has 0 bridgehead atoms. The zero-order chi connectivity index (χ0) is 13.2. The lowest BCUT2D eigenvalue weighted by Crippen LogP contribution is -2.14. The van der Waals surface area contributed by atoms with Crippen LogP contribution in [0.3, 0.4) is 0 Å². The van der Waals surface area contributed by atoms with Crippen LogP contribution in [0.25, 0.3) is 11.2 Å². The molecule has 0 aromatic carbocycles. The van der Waals surface area contributed by atoms with E-state index in [1.807, 2.05) is 22.4 Å². The Morgan fingerprint density at radius 2 is 2.26 bits per heavy atom. The number of hydrogen-bond acceptors (Lipinski definition) is 6. The summed E-state index contributed by atoms with van der Waals surface area (Å²) in [5.74, 6) is 2.45. The number of fused-ring (bicyclic) bond motifs is 1. The quantitative estimate of drug-likeness (QED) is 0.855. The maximum atomic E-state index is 5.95. The third kappa shape index (κ3) is 2.31. The second-order valence-corrected chi connectivity index (χ2v) is 5.51. The smallest absolute Gasteiger partial charge is 0.167 e. The van der Waals surface area contributed by atoms with E-state index in [1.165, 1.54) is 6.33 Å². The van der Waals surface area contributed by atoms with E-state index in [-0.39, 0.29) is 12.3 Å². The van der Waals surface area contributed by atoms with Crippen LogP contribution in [-0.4, -0.2) is 37.1 Å². The summed E-state index contributed by atoms with van der Waals surface area (Å²) in [5.41, 5.74) is 7.09. The molecule has 2 aromatic rings. The van der Waals surface area contributed by atoms with Crippen molar-refractivity contribution in [3.8, 4) is 0 Å². The predicted molar refractivity (Wildman–Crippen MR) is 75.8 cm³/mol. The molecule has 0 fully saturated rings. The third-order valence-electron chi connectivity index (χ3n) is 2.95. The van der Waals surface area contributed by atoms with Gasteiger partial charge in [-0.3, -0.25) is 4.57 Å². The van der Waals surface area contributed by atoms with Crippen LogP contribution in [0.15, 0.2) is 24.8 Å². The average Bonchev–Trinajstić information content (AvgIpc) is 3.02. The molecule has 7 heteroatoms. The van der Waals surface area contributed by atoms with Gasteiger partial charge >= 0.3 is 0 Å². The molecule has 1 aliphatic heterocycles. The van der Waals surface area contributed by atoms with Crippen LogP contribution >= 0.6 is 11.8 Å². The summed E-state index contributed by atoms with van der Waals surface area (Å²) in [6.07, 6.45) is 7.23. The summed E-state index contributed by atoms with van der Waals surface area (Å²) in [5, 5.41) is 0. The van der Waals surface area contributed by atoms with E-state index in [9.17, 15) is 0 Å². The van der Waals surface area contributed by atoms with Crippen molar-refractivity contribution in [3.63, 3.8) is 0 Å². The van der Waals surface area contributed by atoms with E-state index in [1.54, 1.807) is 6.33 Å². The highest BCUT2D eigenvalue weighted by molar-refractivity contribution is 7.99. The number of nitrogens with zero attached hydrogens (tertiary/aromatic N) is 4. The average molecular weight is 277 g/mol. The minimum Gasteiger partial charge on any atom is -0.382 e. The first-order chi connectivity index (χ1) is 9.29. The Bertz CT molecular complexity index is 611. The molecule has 0 radical (unpaired) electrons. The molecule has 100 valence electrons. The van der Waals surface area contributed by atoms with Crippen molar-refractivity contribution in [1.82, 2.24) is 19.5 Å². The van der Waals surface area contributed by atoms with Crippen molar-refractivity contribution >= 4 is 28.7 Å². The number of hydrogen-bond donors (Lipinski definition) is 1. The number of aromatic nitrogens is 4. The molecule has 6 nitrogen and oxygen atoms in total. The molecule has 0 saturated heterocycles. The van der Waals surface area contributed by atoms with Crippen molar-refractivity contribution in [3.05, 3.63) is 24.8 Å². The van der Waals surface area contributed by atoms with Gasteiger partial charge in [0.05, 0.1) is 12.4 Å². The van der Waals surface area contributed by atoms with E-state index >= 15 is 0 Å². The molecule has 3 heterocycles. The van der Waals surface area contributed by atoms with Crippen LogP contribution in [0.5, 0.6) is 0 Å². The van der Waals surface area contributed by atoms with Gasteiger partial charge in [0.25, 0.3) is 0 Å². The van der Waals surface area contributed by atoms with Gasteiger partial charge in [-0.15, -0.1) is 0 Å². The Labute approximate surface area is 115 Å². The number of rotatable bonds is 4. The van der Waals surface area contributed by atoms with Crippen LogP contribution in [0.2, 0.25) is 0 Å². The Balaban J connectivity index is 1.83. The standard InChI is InChI=1S/C12H15N5OS/c1-2-19-5-8-3-4-9(18-8)17-7-16-10-11(13)14-6-15-12(10)17/h3-4,6-9H,2,5H2,1H3,(H2,13,14,15)/t8-,9-/m0/s1. The zero-order valence-corrected chi connectivity index (χ0v) is 11.4. The number of nitrogen functional groups attached to an aromatic ring is 1. The summed E-state index contributed by atoms with van der Waals surface area (Å²) >= 11 is 1.86. The van der Waals surface area contributed by atoms with E-state index < -0.39 is 0 Å². The van der Waals surface area contributed by atoms with Crippen molar-refractivity contribution in [1.29, 1.82) is 0 Å². The highest BCUT2D eigenvalue weighted by Gasteiger charge is 2.22. The lowest BCUT2D eigenvalue weighted by Gasteiger charge is -2.15. The fourth-order valence-electron chi connectivity index (χ4n) is 2.03. The summed E-state index contributed by atoms with van der Waals surface area (Å²) < 4.78 is 7.82. The first-order valence-electron chi connectivity index (χ1n) is 6.14. The molecular weight excluding hydrogens is 262 g/mol. The van der Waals surface area contributed by atoms with Gasteiger partial charge in [-0.2, -0.15) is 11.8 Å². The molecule has 1 aliphatic rings. The number of anilines is 1. The minimum atomic E-state index is -0.165. The van der Waals surface area contributed by atoms with Gasteiger partial charge in [-0.1, -0.05) is 13.0 Å². The van der Waals surface area contributed by atoms with Crippen LogP contribution in [0.1, 0.15) is 13.2 Å². The normalized spacial score (nSPS) is 22.4. The van der Waals surface area contributed by atoms with E-state index in [0.29, 0.717) is 17.0 Å². The molecule has 0 spiro atoms. The molecule has 3 rings (SSSR count). The number of imidazole rings is 1. The molecule has 2 N–H and O–H groups in total. The first-order valence-corrected chi connectivity index (χ1v) is 7.29. The van der Waals surface area contributed by atoms with Crippen LogP contribution in [-0.2, 0) is 4.74 Å². The van der Waals surface area contributed by atoms with Gasteiger partial charge in [-0.25, -0.2) is 15.0 Å². The molecule has 2 atom stereocenters.